The highest BCUT2D eigenvalue weighted by molar-refractivity contribution is 5.85. The first-order chi connectivity index (χ1) is 7.39. The number of fused-ring (bicyclic) bond motifs is 1. The molecule has 2 nitrogen and oxygen atoms in total. The number of aryl methyl sites for hydroxylation is 1. The normalized spacial score (nSPS) is 12.0. The second-order valence-electron chi connectivity index (χ2n) is 5.29. The van der Waals surface area contributed by atoms with E-state index in [1.807, 2.05) is 12.1 Å². The predicted octanol–water partition coefficient (Wildman–Crippen LogP) is 3.55. The van der Waals surface area contributed by atoms with Gasteiger partial charge >= 0.3 is 0 Å². The Morgan fingerprint density at radius 3 is 2.50 bits per heavy atom. The van der Waals surface area contributed by atoms with Crippen molar-refractivity contribution in [3.63, 3.8) is 0 Å². The van der Waals surface area contributed by atoms with Crippen LogP contribution in [0.3, 0.4) is 0 Å². The van der Waals surface area contributed by atoms with E-state index in [-0.39, 0.29) is 11.2 Å². The Balaban J connectivity index is 2.88. The Hall–Kier alpha value is -1.57. The summed E-state index contributed by atoms with van der Waals surface area (Å²) in [5, 5.41) is 11.0. The summed E-state index contributed by atoms with van der Waals surface area (Å²) in [6.07, 6.45) is 1.54. The molecule has 0 aliphatic carbocycles. The maximum Gasteiger partial charge on any atom is 0.138 e. The molecule has 16 heavy (non-hydrogen) atoms. The lowest BCUT2D eigenvalue weighted by molar-refractivity contribution is 0.447. The largest absolute Gasteiger partial charge is 0.506 e. The molecule has 2 rings (SSSR count). The van der Waals surface area contributed by atoms with Crippen LogP contribution in [0.1, 0.15) is 31.9 Å². The first-order valence-corrected chi connectivity index (χ1v) is 5.48. The highest BCUT2D eigenvalue weighted by Crippen LogP contribution is 2.35. The molecule has 0 bridgehead atoms. The average molecular weight is 215 g/mol. The van der Waals surface area contributed by atoms with E-state index in [0.717, 1.165) is 16.5 Å². The maximum atomic E-state index is 9.97. The Bertz CT molecular complexity index is 533. The molecule has 0 unspecified atom stereocenters. The molecule has 1 aromatic carbocycles. The van der Waals surface area contributed by atoms with Crippen LogP contribution in [-0.2, 0) is 5.41 Å². The summed E-state index contributed by atoms with van der Waals surface area (Å²) in [5.74, 6) is 0.283. The fraction of sp³-hybridized carbons (Fsp3) is 0.357. The summed E-state index contributed by atoms with van der Waals surface area (Å²) in [6.45, 7) is 8.35. The van der Waals surface area contributed by atoms with Crippen LogP contribution in [0.2, 0.25) is 0 Å². The highest BCUT2D eigenvalue weighted by atomic mass is 16.3. The number of nitrogens with zero attached hydrogens (tertiary/aromatic N) is 1. The summed E-state index contributed by atoms with van der Waals surface area (Å²) in [7, 11) is 0. The van der Waals surface area contributed by atoms with Crippen molar-refractivity contribution in [1.82, 2.24) is 4.98 Å². The minimum absolute atomic E-state index is 0.0843. The Kier molecular flexibility index (Phi) is 2.38. The number of hydrogen-bond acceptors (Lipinski definition) is 2. The van der Waals surface area contributed by atoms with Gasteiger partial charge in [-0.25, -0.2) is 0 Å². The van der Waals surface area contributed by atoms with Crippen molar-refractivity contribution in [2.75, 3.05) is 0 Å². The number of aromatic nitrogens is 1. The van der Waals surface area contributed by atoms with Crippen LogP contribution >= 0.6 is 0 Å². The zero-order valence-electron chi connectivity index (χ0n) is 10.2. The summed E-state index contributed by atoms with van der Waals surface area (Å²) >= 11 is 0. The number of rotatable bonds is 0. The number of aromatic hydroxyl groups is 1. The van der Waals surface area contributed by atoms with Crippen LogP contribution in [0.25, 0.3) is 10.9 Å². The molecule has 1 N–H and O–H groups in total. The molecule has 0 atom stereocenters. The van der Waals surface area contributed by atoms with Crippen LogP contribution in [0, 0.1) is 6.92 Å². The maximum absolute atomic E-state index is 9.97. The van der Waals surface area contributed by atoms with Gasteiger partial charge < -0.3 is 5.11 Å². The van der Waals surface area contributed by atoms with Gasteiger partial charge in [-0.05, 0) is 24.5 Å². The van der Waals surface area contributed by atoms with Gasteiger partial charge in [0.25, 0.3) is 0 Å². The molecule has 1 heterocycles. The zero-order chi connectivity index (χ0) is 11.9. The number of benzene rings is 1. The molecule has 0 fully saturated rings. The topological polar surface area (TPSA) is 33.1 Å². The molecule has 0 amide bonds. The first kappa shape index (κ1) is 10.9. The molecular weight excluding hydrogens is 198 g/mol. The standard InChI is InChI=1S/C14H17NO/c1-9-5-6-11-10(7-9)13(14(2,3)4)12(16)8-15-11/h5-8,16H,1-4H3. The Labute approximate surface area is 96.0 Å². The van der Waals surface area contributed by atoms with E-state index >= 15 is 0 Å². The Morgan fingerprint density at radius 2 is 1.88 bits per heavy atom. The average Bonchev–Trinajstić information content (AvgIpc) is 2.14. The zero-order valence-corrected chi connectivity index (χ0v) is 10.2. The molecule has 84 valence electrons. The molecule has 2 aromatic rings. The minimum atomic E-state index is -0.0843. The predicted molar refractivity (Wildman–Crippen MR) is 66.8 cm³/mol. The van der Waals surface area contributed by atoms with Crippen LogP contribution in [-0.4, -0.2) is 10.1 Å². The smallest absolute Gasteiger partial charge is 0.138 e. The van der Waals surface area contributed by atoms with Crippen LogP contribution in [0.15, 0.2) is 24.4 Å². The van der Waals surface area contributed by atoms with Crippen molar-refractivity contribution in [3.8, 4) is 5.75 Å². The van der Waals surface area contributed by atoms with E-state index in [2.05, 4.69) is 38.7 Å². The summed E-state index contributed by atoms with van der Waals surface area (Å²) in [6, 6.07) is 6.13. The molecule has 2 heteroatoms. The van der Waals surface area contributed by atoms with E-state index < -0.39 is 0 Å². The monoisotopic (exact) mass is 215 g/mol. The van der Waals surface area contributed by atoms with Gasteiger partial charge in [0, 0.05) is 10.9 Å². The van der Waals surface area contributed by atoms with Gasteiger partial charge in [0.05, 0.1) is 11.7 Å². The van der Waals surface area contributed by atoms with Gasteiger partial charge in [-0.3, -0.25) is 4.98 Å². The molecule has 0 aliphatic heterocycles. The molecule has 0 spiro atoms. The SMILES string of the molecule is Cc1ccc2ncc(O)c(C(C)(C)C)c2c1. The lowest BCUT2D eigenvalue weighted by Gasteiger charge is -2.22. The summed E-state index contributed by atoms with van der Waals surface area (Å²) in [4.78, 5) is 4.25. The highest BCUT2D eigenvalue weighted by Gasteiger charge is 2.21. The first-order valence-electron chi connectivity index (χ1n) is 5.48. The van der Waals surface area contributed by atoms with Crippen molar-refractivity contribution in [2.24, 2.45) is 0 Å². The fourth-order valence-electron chi connectivity index (χ4n) is 2.08. The van der Waals surface area contributed by atoms with E-state index in [0.29, 0.717) is 0 Å². The third kappa shape index (κ3) is 1.75. The van der Waals surface area contributed by atoms with Crippen molar-refractivity contribution in [3.05, 3.63) is 35.5 Å². The van der Waals surface area contributed by atoms with Gasteiger partial charge in [0.1, 0.15) is 5.75 Å². The van der Waals surface area contributed by atoms with Crippen LogP contribution < -0.4 is 0 Å². The number of hydrogen-bond donors (Lipinski definition) is 1. The molecule has 1 aromatic heterocycles. The fourth-order valence-corrected chi connectivity index (χ4v) is 2.08. The van der Waals surface area contributed by atoms with E-state index in [1.165, 1.54) is 11.8 Å². The summed E-state index contributed by atoms with van der Waals surface area (Å²) in [5.41, 5.74) is 3.01. The van der Waals surface area contributed by atoms with Crippen LogP contribution in [0.4, 0.5) is 0 Å². The molecule has 0 aliphatic rings. The van der Waals surface area contributed by atoms with Gasteiger partial charge in [-0.1, -0.05) is 32.4 Å². The van der Waals surface area contributed by atoms with Crippen molar-refractivity contribution >= 4 is 10.9 Å². The van der Waals surface area contributed by atoms with Crippen molar-refractivity contribution in [2.45, 2.75) is 33.1 Å². The van der Waals surface area contributed by atoms with Gasteiger partial charge in [0.15, 0.2) is 0 Å². The lowest BCUT2D eigenvalue weighted by Crippen LogP contribution is -2.12. The summed E-state index contributed by atoms with van der Waals surface area (Å²) < 4.78 is 0. The lowest BCUT2D eigenvalue weighted by atomic mass is 9.84. The Morgan fingerprint density at radius 1 is 1.19 bits per heavy atom. The van der Waals surface area contributed by atoms with Gasteiger partial charge in [-0.2, -0.15) is 0 Å². The third-order valence-corrected chi connectivity index (χ3v) is 2.75. The van der Waals surface area contributed by atoms with Gasteiger partial charge in [0.2, 0.25) is 0 Å². The quantitative estimate of drug-likeness (QED) is 0.729. The molecule has 0 saturated carbocycles. The molecular formula is C14H17NO. The second-order valence-corrected chi connectivity index (χ2v) is 5.29. The van der Waals surface area contributed by atoms with Crippen LogP contribution in [0.5, 0.6) is 5.75 Å². The van der Waals surface area contributed by atoms with Crippen molar-refractivity contribution in [1.29, 1.82) is 0 Å². The molecule has 0 radical (unpaired) electrons. The molecule has 0 saturated heterocycles. The van der Waals surface area contributed by atoms with Gasteiger partial charge in [-0.15, -0.1) is 0 Å². The van der Waals surface area contributed by atoms with E-state index in [4.69, 9.17) is 0 Å². The second kappa shape index (κ2) is 3.48. The third-order valence-electron chi connectivity index (χ3n) is 2.75. The van der Waals surface area contributed by atoms with E-state index in [9.17, 15) is 5.11 Å². The van der Waals surface area contributed by atoms with E-state index in [1.54, 1.807) is 0 Å². The minimum Gasteiger partial charge on any atom is -0.506 e. The number of pyridine rings is 1. The van der Waals surface area contributed by atoms with Crippen molar-refractivity contribution < 1.29 is 5.11 Å².